The SMILES string of the molecule is Cc1cc2c3c(c1)N(c1ccccc1-c1ccccc1)c1c(sc4ccc(C(C)(C)C)cc14)B3c1ccc(C(C)(C)C)cc1N2c1ccc2c(-c3ccccc3)c3ccccc3c(-c3ccccc3)c2c1. The van der Waals surface area contributed by atoms with E-state index in [2.05, 4.69) is 265 Å². The van der Waals surface area contributed by atoms with Crippen molar-refractivity contribution in [1.82, 2.24) is 0 Å². The highest BCUT2D eigenvalue weighted by Gasteiger charge is 2.46. The van der Waals surface area contributed by atoms with Crippen molar-refractivity contribution in [3.8, 4) is 33.4 Å². The van der Waals surface area contributed by atoms with Gasteiger partial charge in [0.1, 0.15) is 0 Å². The van der Waals surface area contributed by atoms with Crippen LogP contribution in [0.15, 0.2) is 206 Å². The summed E-state index contributed by atoms with van der Waals surface area (Å²) in [5.74, 6) is 0. The van der Waals surface area contributed by atoms with Gasteiger partial charge in [0.15, 0.2) is 0 Å². The standard InChI is InChI=1S/C67H55BN2S/c1-42-37-58-63-59(38-42)70(56-30-20-19-27-49(56)43-21-11-8-12-22-43)64-54-39-46(66(2,3)4)32-36-60(54)71-65(64)68(63)55-35-31-47(67(5,6)7)40-57(55)69(58)48-33-34-52-53(41-48)62(45-25-15-10-16-26-45)51-29-18-17-28-50(51)61(52)44-23-13-9-14-24-44/h8-41H,1-7H3. The predicted molar refractivity (Wildman–Crippen MR) is 309 cm³/mol. The molecular weight excluding hydrogens is 876 g/mol. The molecule has 71 heavy (non-hydrogen) atoms. The number of fused-ring (bicyclic) bond motifs is 8. The molecule has 0 amide bonds. The molecule has 0 radical (unpaired) electrons. The predicted octanol–water partition coefficient (Wildman–Crippen LogP) is 17.2. The van der Waals surface area contributed by atoms with Crippen molar-refractivity contribution in [3.05, 3.63) is 223 Å². The summed E-state index contributed by atoms with van der Waals surface area (Å²) >= 11 is 1.97. The Morgan fingerprint density at radius 3 is 1.59 bits per heavy atom. The number of anilines is 6. The fourth-order valence-electron chi connectivity index (χ4n) is 11.7. The number of para-hydroxylation sites is 1. The lowest BCUT2D eigenvalue weighted by molar-refractivity contribution is 0.590. The van der Waals surface area contributed by atoms with E-state index in [1.54, 1.807) is 0 Å². The van der Waals surface area contributed by atoms with E-state index in [0.29, 0.717) is 0 Å². The van der Waals surface area contributed by atoms with Gasteiger partial charge in [-0.25, -0.2) is 0 Å². The number of benzene rings is 10. The topological polar surface area (TPSA) is 6.48 Å². The van der Waals surface area contributed by atoms with Crippen LogP contribution in [0.25, 0.3) is 65.0 Å². The Bertz CT molecular complexity index is 3910. The maximum absolute atomic E-state index is 2.64. The van der Waals surface area contributed by atoms with Crippen LogP contribution in [-0.2, 0) is 10.8 Å². The largest absolute Gasteiger partial charge is 0.311 e. The first-order chi connectivity index (χ1) is 34.4. The lowest BCUT2D eigenvalue weighted by Crippen LogP contribution is -2.60. The molecule has 2 aliphatic heterocycles. The molecule has 0 atom stereocenters. The summed E-state index contributed by atoms with van der Waals surface area (Å²) in [5.41, 5.74) is 21.2. The minimum atomic E-state index is -0.0667. The summed E-state index contributed by atoms with van der Waals surface area (Å²) in [4.78, 5) is 5.26. The monoisotopic (exact) mass is 930 g/mol. The van der Waals surface area contributed by atoms with Crippen molar-refractivity contribution in [2.45, 2.75) is 59.3 Å². The molecule has 1 aromatic heterocycles. The number of nitrogens with zero attached hydrogens (tertiary/aromatic N) is 2. The second-order valence-electron chi connectivity index (χ2n) is 21.8. The van der Waals surface area contributed by atoms with Gasteiger partial charge in [0.05, 0.1) is 11.4 Å². The molecule has 2 aliphatic rings. The van der Waals surface area contributed by atoms with Crippen molar-refractivity contribution >= 4 is 99.5 Å². The molecule has 13 rings (SSSR count). The summed E-state index contributed by atoms with van der Waals surface area (Å²) in [5, 5.41) is 6.31. The van der Waals surface area contributed by atoms with Gasteiger partial charge in [-0.05, 0) is 143 Å². The Labute approximate surface area is 422 Å². The molecule has 0 fully saturated rings. The molecule has 2 nitrogen and oxygen atoms in total. The van der Waals surface area contributed by atoms with Crippen molar-refractivity contribution in [2.75, 3.05) is 9.80 Å². The molecular formula is C67H55BN2S. The normalized spacial score (nSPS) is 13.2. The number of thiophene rings is 1. The van der Waals surface area contributed by atoms with E-state index in [-0.39, 0.29) is 17.5 Å². The van der Waals surface area contributed by atoms with E-state index >= 15 is 0 Å². The maximum Gasteiger partial charge on any atom is 0.264 e. The number of rotatable bonds is 5. The smallest absolute Gasteiger partial charge is 0.264 e. The second-order valence-corrected chi connectivity index (χ2v) is 22.8. The zero-order valence-electron chi connectivity index (χ0n) is 41.5. The molecule has 0 spiro atoms. The van der Waals surface area contributed by atoms with Crippen molar-refractivity contribution in [3.63, 3.8) is 0 Å². The minimum Gasteiger partial charge on any atom is -0.311 e. The van der Waals surface area contributed by atoms with E-state index in [4.69, 9.17) is 0 Å². The fraction of sp³-hybridized carbons (Fsp3) is 0.134. The second kappa shape index (κ2) is 16.2. The summed E-state index contributed by atoms with van der Waals surface area (Å²) in [7, 11) is 0. The van der Waals surface area contributed by atoms with Gasteiger partial charge in [0.2, 0.25) is 0 Å². The molecule has 342 valence electrons. The third-order valence-corrected chi connectivity index (χ3v) is 16.4. The fourth-order valence-corrected chi connectivity index (χ4v) is 13.0. The Balaban J connectivity index is 1.15. The molecule has 11 aromatic rings. The highest BCUT2D eigenvalue weighted by Crippen LogP contribution is 2.52. The van der Waals surface area contributed by atoms with Gasteiger partial charge in [0, 0.05) is 43.2 Å². The van der Waals surface area contributed by atoms with Crippen LogP contribution in [0.2, 0.25) is 0 Å². The number of hydrogen-bond donors (Lipinski definition) is 0. The summed E-state index contributed by atoms with van der Waals surface area (Å²) in [6.45, 7) is 16.3. The van der Waals surface area contributed by atoms with E-state index in [0.717, 1.165) is 5.69 Å². The maximum atomic E-state index is 2.64. The van der Waals surface area contributed by atoms with Crippen LogP contribution in [0.4, 0.5) is 34.1 Å². The number of hydrogen-bond acceptors (Lipinski definition) is 3. The third-order valence-electron chi connectivity index (χ3n) is 15.2. The first kappa shape index (κ1) is 43.4. The van der Waals surface area contributed by atoms with Crippen LogP contribution in [-0.4, -0.2) is 6.71 Å². The average Bonchev–Trinajstić information content (AvgIpc) is 3.76. The lowest BCUT2D eigenvalue weighted by atomic mass is 9.36. The van der Waals surface area contributed by atoms with Gasteiger partial charge in [-0.2, -0.15) is 0 Å². The van der Waals surface area contributed by atoms with Gasteiger partial charge in [-0.15, -0.1) is 11.3 Å². The van der Waals surface area contributed by atoms with Gasteiger partial charge in [-0.1, -0.05) is 199 Å². The molecule has 10 aromatic carbocycles. The van der Waals surface area contributed by atoms with E-state index in [9.17, 15) is 0 Å². The van der Waals surface area contributed by atoms with Crippen LogP contribution in [0.5, 0.6) is 0 Å². The van der Waals surface area contributed by atoms with E-state index in [1.807, 2.05) is 11.3 Å². The van der Waals surface area contributed by atoms with Crippen LogP contribution < -0.4 is 25.5 Å². The average molecular weight is 931 g/mol. The Hall–Kier alpha value is -7.66. The lowest BCUT2D eigenvalue weighted by Gasteiger charge is -2.44. The quantitative estimate of drug-likeness (QED) is 0.125. The molecule has 0 saturated carbocycles. The highest BCUT2D eigenvalue weighted by atomic mass is 32.1. The Kier molecular flexibility index (Phi) is 9.90. The third kappa shape index (κ3) is 6.90. The molecule has 0 bridgehead atoms. The van der Waals surface area contributed by atoms with Gasteiger partial charge < -0.3 is 9.80 Å². The van der Waals surface area contributed by atoms with Crippen LogP contribution >= 0.6 is 11.3 Å². The van der Waals surface area contributed by atoms with Gasteiger partial charge >= 0.3 is 0 Å². The van der Waals surface area contributed by atoms with E-state index in [1.165, 1.54) is 126 Å². The van der Waals surface area contributed by atoms with Crippen molar-refractivity contribution < 1.29 is 0 Å². The highest BCUT2D eigenvalue weighted by molar-refractivity contribution is 7.33. The van der Waals surface area contributed by atoms with Crippen molar-refractivity contribution in [1.29, 1.82) is 0 Å². The van der Waals surface area contributed by atoms with Crippen LogP contribution in [0.3, 0.4) is 0 Å². The number of aryl methyl sites for hydroxylation is 1. The zero-order chi connectivity index (χ0) is 48.3. The molecule has 0 aliphatic carbocycles. The molecule has 4 heteroatoms. The Morgan fingerprint density at radius 1 is 0.408 bits per heavy atom. The minimum absolute atomic E-state index is 0.0121. The van der Waals surface area contributed by atoms with Crippen LogP contribution in [0, 0.1) is 6.92 Å². The molecule has 0 saturated heterocycles. The summed E-state index contributed by atoms with van der Waals surface area (Å²) in [6, 6.07) is 77.9. The summed E-state index contributed by atoms with van der Waals surface area (Å²) < 4.78 is 2.70. The molecule has 3 heterocycles. The van der Waals surface area contributed by atoms with Gasteiger partial charge in [0.25, 0.3) is 6.71 Å². The van der Waals surface area contributed by atoms with Gasteiger partial charge in [-0.3, -0.25) is 0 Å². The zero-order valence-corrected chi connectivity index (χ0v) is 42.3. The first-order valence-electron chi connectivity index (χ1n) is 25.1. The first-order valence-corrected chi connectivity index (χ1v) is 25.9. The van der Waals surface area contributed by atoms with E-state index < -0.39 is 0 Å². The molecule has 0 N–H and O–H groups in total. The summed E-state index contributed by atoms with van der Waals surface area (Å²) in [6.07, 6.45) is 0. The van der Waals surface area contributed by atoms with Crippen LogP contribution in [0.1, 0.15) is 58.2 Å². The Morgan fingerprint density at radius 2 is 0.944 bits per heavy atom. The molecule has 0 unspecified atom stereocenters. The van der Waals surface area contributed by atoms with Crippen molar-refractivity contribution in [2.24, 2.45) is 0 Å².